The molecule has 1 aliphatic rings. The second kappa shape index (κ2) is 8.04. The molecule has 2 aromatic rings. The van der Waals surface area contributed by atoms with Crippen LogP contribution in [0.4, 0.5) is 16.2 Å². The minimum Gasteiger partial charge on any atom is -0.339 e. The molecule has 0 saturated carbocycles. The third kappa shape index (κ3) is 4.63. The van der Waals surface area contributed by atoms with Crippen molar-refractivity contribution in [2.45, 2.75) is 26.7 Å². The van der Waals surface area contributed by atoms with E-state index in [-0.39, 0.29) is 11.9 Å². The van der Waals surface area contributed by atoms with Crippen molar-refractivity contribution in [3.8, 4) is 0 Å². The number of nitrogens with zero attached hydrogens (tertiary/aromatic N) is 1. The third-order valence-electron chi connectivity index (χ3n) is 4.71. The van der Waals surface area contributed by atoms with E-state index >= 15 is 0 Å². The van der Waals surface area contributed by atoms with E-state index in [9.17, 15) is 9.59 Å². The summed E-state index contributed by atoms with van der Waals surface area (Å²) in [4.78, 5) is 26.8. The summed E-state index contributed by atoms with van der Waals surface area (Å²) in [6.45, 7) is 5.79. The van der Waals surface area contributed by atoms with Gasteiger partial charge in [-0.05, 0) is 61.6 Å². The van der Waals surface area contributed by atoms with Gasteiger partial charge in [0.15, 0.2) is 0 Å². The van der Waals surface area contributed by atoms with Crippen LogP contribution in [0.15, 0.2) is 48.5 Å². The molecule has 5 nitrogen and oxygen atoms in total. The molecule has 26 heavy (non-hydrogen) atoms. The lowest BCUT2D eigenvalue weighted by Crippen LogP contribution is -2.37. The first-order valence-corrected chi connectivity index (χ1v) is 9.05. The molecular weight excluding hydrogens is 326 g/mol. The number of nitrogens with one attached hydrogen (secondary N) is 2. The van der Waals surface area contributed by atoms with Gasteiger partial charge >= 0.3 is 6.03 Å². The summed E-state index contributed by atoms with van der Waals surface area (Å²) in [5, 5.41) is 5.60. The minimum absolute atomic E-state index is 0.0274. The number of aryl methyl sites for hydroxylation is 1. The number of carbonyl (C=O) groups is 2. The van der Waals surface area contributed by atoms with Crippen LogP contribution in [0.5, 0.6) is 0 Å². The van der Waals surface area contributed by atoms with Crippen molar-refractivity contribution < 1.29 is 9.59 Å². The van der Waals surface area contributed by atoms with Gasteiger partial charge in [-0.2, -0.15) is 0 Å². The van der Waals surface area contributed by atoms with Crippen molar-refractivity contribution in [1.82, 2.24) is 4.90 Å². The Balaban J connectivity index is 1.63. The molecule has 136 valence electrons. The van der Waals surface area contributed by atoms with Gasteiger partial charge in [-0.25, -0.2) is 4.79 Å². The second-order valence-electron chi connectivity index (χ2n) is 7.00. The molecule has 2 N–H and O–H groups in total. The lowest BCUT2D eigenvalue weighted by Gasteiger charge is -2.30. The number of likely N-dealkylation sites (tertiary alicyclic amines) is 1. The summed E-state index contributed by atoms with van der Waals surface area (Å²) in [5.41, 5.74) is 3.02. The van der Waals surface area contributed by atoms with E-state index in [1.165, 1.54) is 0 Å². The Hall–Kier alpha value is -2.82. The molecule has 1 heterocycles. The number of rotatable bonds is 3. The van der Waals surface area contributed by atoms with Gasteiger partial charge in [0, 0.05) is 30.0 Å². The molecule has 2 aromatic carbocycles. The number of piperidine rings is 1. The smallest absolute Gasteiger partial charge is 0.323 e. The van der Waals surface area contributed by atoms with Crippen molar-refractivity contribution in [2.75, 3.05) is 23.7 Å². The van der Waals surface area contributed by atoms with Gasteiger partial charge in [0.25, 0.3) is 5.91 Å². The zero-order chi connectivity index (χ0) is 18.5. The Bertz CT molecular complexity index is 795. The quantitative estimate of drug-likeness (QED) is 0.854. The SMILES string of the molecule is Cc1cccc(NC(=O)Nc2cccc(C(=O)N3CCC(C)CC3)c2)c1. The minimum atomic E-state index is -0.327. The largest absolute Gasteiger partial charge is 0.339 e. The van der Waals surface area contributed by atoms with Gasteiger partial charge in [-0.15, -0.1) is 0 Å². The van der Waals surface area contributed by atoms with Crippen molar-refractivity contribution in [1.29, 1.82) is 0 Å². The molecule has 0 atom stereocenters. The third-order valence-corrected chi connectivity index (χ3v) is 4.71. The first-order valence-electron chi connectivity index (χ1n) is 9.05. The van der Waals surface area contributed by atoms with Crippen LogP contribution in [0.3, 0.4) is 0 Å². The highest BCUT2D eigenvalue weighted by molar-refractivity contribution is 6.01. The van der Waals surface area contributed by atoms with Gasteiger partial charge in [0.2, 0.25) is 0 Å². The number of hydrogen-bond donors (Lipinski definition) is 2. The van der Waals surface area contributed by atoms with E-state index < -0.39 is 0 Å². The molecule has 0 radical (unpaired) electrons. The molecule has 0 spiro atoms. The molecule has 0 unspecified atom stereocenters. The topological polar surface area (TPSA) is 61.4 Å². The number of urea groups is 1. The van der Waals surface area contributed by atoms with Crippen LogP contribution >= 0.6 is 0 Å². The van der Waals surface area contributed by atoms with Crippen LogP contribution in [0.2, 0.25) is 0 Å². The average Bonchev–Trinajstić information content (AvgIpc) is 2.62. The van der Waals surface area contributed by atoms with E-state index in [0.717, 1.165) is 37.2 Å². The van der Waals surface area contributed by atoms with Crippen LogP contribution in [-0.4, -0.2) is 29.9 Å². The van der Waals surface area contributed by atoms with Crippen molar-refractivity contribution in [3.05, 3.63) is 59.7 Å². The van der Waals surface area contributed by atoms with Gasteiger partial charge in [0.05, 0.1) is 0 Å². The molecule has 0 aliphatic carbocycles. The van der Waals surface area contributed by atoms with Crippen LogP contribution < -0.4 is 10.6 Å². The Morgan fingerprint density at radius 2 is 1.58 bits per heavy atom. The molecular formula is C21H25N3O2. The molecule has 3 rings (SSSR count). The predicted molar refractivity (Wildman–Crippen MR) is 105 cm³/mol. The second-order valence-corrected chi connectivity index (χ2v) is 7.00. The molecule has 1 fully saturated rings. The molecule has 1 saturated heterocycles. The van der Waals surface area contributed by atoms with Crippen molar-refractivity contribution >= 4 is 23.3 Å². The maximum absolute atomic E-state index is 12.7. The standard InChI is InChI=1S/C21H25N3O2/c1-15-9-11-24(12-10-15)20(25)17-6-4-8-19(14-17)23-21(26)22-18-7-3-5-16(2)13-18/h3-8,13-15H,9-12H2,1-2H3,(H2,22,23,26). The molecule has 0 bridgehead atoms. The Morgan fingerprint density at radius 1 is 0.962 bits per heavy atom. The van der Waals surface area contributed by atoms with Gasteiger partial charge in [0.1, 0.15) is 0 Å². The van der Waals surface area contributed by atoms with Crippen molar-refractivity contribution in [2.24, 2.45) is 5.92 Å². The summed E-state index contributed by atoms with van der Waals surface area (Å²) in [6, 6.07) is 14.4. The van der Waals surface area contributed by atoms with E-state index in [2.05, 4.69) is 17.6 Å². The van der Waals surface area contributed by atoms with Crippen LogP contribution in [0.25, 0.3) is 0 Å². The highest BCUT2D eigenvalue weighted by atomic mass is 16.2. The Labute approximate surface area is 154 Å². The lowest BCUT2D eigenvalue weighted by atomic mass is 9.98. The summed E-state index contributed by atoms with van der Waals surface area (Å²) >= 11 is 0. The predicted octanol–water partition coefficient (Wildman–Crippen LogP) is 4.51. The number of amides is 3. The number of anilines is 2. The molecule has 1 aliphatic heterocycles. The summed E-state index contributed by atoms with van der Waals surface area (Å²) in [7, 11) is 0. The fourth-order valence-corrected chi connectivity index (χ4v) is 3.14. The highest BCUT2D eigenvalue weighted by Gasteiger charge is 2.21. The molecule has 3 amide bonds. The van der Waals surface area contributed by atoms with E-state index in [1.807, 2.05) is 36.1 Å². The Morgan fingerprint density at radius 3 is 2.23 bits per heavy atom. The molecule has 0 aromatic heterocycles. The number of carbonyl (C=O) groups excluding carboxylic acids is 2. The van der Waals surface area contributed by atoms with Crippen LogP contribution in [0, 0.1) is 12.8 Å². The molecule has 5 heteroatoms. The van der Waals surface area contributed by atoms with Gasteiger partial charge in [-0.1, -0.05) is 25.1 Å². The van der Waals surface area contributed by atoms with E-state index in [1.54, 1.807) is 24.3 Å². The first-order chi connectivity index (χ1) is 12.5. The summed E-state index contributed by atoms with van der Waals surface area (Å²) in [6.07, 6.45) is 2.09. The van der Waals surface area contributed by atoms with Gasteiger partial charge in [-0.3, -0.25) is 4.79 Å². The summed E-state index contributed by atoms with van der Waals surface area (Å²) in [5.74, 6) is 0.706. The highest BCUT2D eigenvalue weighted by Crippen LogP contribution is 2.20. The zero-order valence-corrected chi connectivity index (χ0v) is 15.3. The van der Waals surface area contributed by atoms with E-state index in [4.69, 9.17) is 0 Å². The Kier molecular flexibility index (Phi) is 5.56. The zero-order valence-electron chi connectivity index (χ0n) is 15.3. The summed E-state index contributed by atoms with van der Waals surface area (Å²) < 4.78 is 0. The van der Waals surface area contributed by atoms with Crippen molar-refractivity contribution in [3.63, 3.8) is 0 Å². The maximum Gasteiger partial charge on any atom is 0.323 e. The number of benzene rings is 2. The van der Waals surface area contributed by atoms with Crippen LogP contribution in [-0.2, 0) is 0 Å². The fraction of sp³-hybridized carbons (Fsp3) is 0.333. The fourth-order valence-electron chi connectivity index (χ4n) is 3.14. The van der Waals surface area contributed by atoms with Gasteiger partial charge < -0.3 is 15.5 Å². The first kappa shape index (κ1) is 18.0. The van der Waals surface area contributed by atoms with Crippen LogP contribution in [0.1, 0.15) is 35.7 Å². The monoisotopic (exact) mass is 351 g/mol. The normalized spacial score (nSPS) is 14.8. The van der Waals surface area contributed by atoms with E-state index in [0.29, 0.717) is 17.2 Å². The lowest BCUT2D eigenvalue weighted by molar-refractivity contribution is 0.0697. The number of hydrogen-bond acceptors (Lipinski definition) is 2. The average molecular weight is 351 g/mol. The maximum atomic E-state index is 12.7.